The number of nitrogens with zero attached hydrogens (tertiary/aromatic N) is 4. The summed E-state index contributed by atoms with van der Waals surface area (Å²) in [4.78, 5) is 14.2. The average Bonchev–Trinajstić information content (AvgIpc) is 3.78. The van der Waals surface area contributed by atoms with E-state index in [0.717, 1.165) is 55.0 Å². The summed E-state index contributed by atoms with van der Waals surface area (Å²) in [6, 6.07) is 44.4. The molecule has 0 aliphatic carbocycles. The Morgan fingerprint density at radius 2 is 1.06 bits per heavy atom. The van der Waals surface area contributed by atoms with Crippen LogP contribution in [0.2, 0.25) is 0 Å². The molecule has 0 aliphatic heterocycles. The molecule has 0 spiro atoms. The zero-order chi connectivity index (χ0) is 37.4. The summed E-state index contributed by atoms with van der Waals surface area (Å²) in [5, 5.41) is 4.05. The molecule has 0 radical (unpaired) electrons. The van der Waals surface area contributed by atoms with E-state index in [4.69, 9.17) is 21.2 Å². The molecule has 0 fully saturated rings. The molecule has 10 aromatic rings. The van der Waals surface area contributed by atoms with Crippen LogP contribution in [0, 0.1) is 0 Å². The van der Waals surface area contributed by atoms with Crippen LogP contribution in [0.25, 0.3) is 94.7 Å². The average molecular weight is 646 g/mol. The van der Waals surface area contributed by atoms with Gasteiger partial charge in [0.25, 0.3) is 0 Å². The van der Waals surface area contributed by atoms with Crippen molar-refractivity contribution in [2.75, 3.05) is 0 Å². The van der Waals surface area contributed by atoms with Gasteiger partial charge in [-0.25, -0.2) is 15.0 Å². The molecule has 0 N–H and O–H groups in total. The number of furan rings is 1. The monoisotopic (exact) mass is 645 g/mol. The van der Waals surface area contributed by atoms with Gasteiger partial charge in [0, 0.05) is 38.2 Å². The smallest absolute Gasteiger partial charge is 0.164 e. The van der Waals surface area contributed by atoms with Gasteiger partial charge in [0.1, 0.15) is 5.58 Å². The maximum absolute atomic E-state index is 8.64. The van der Waals surface area contributed by atoms with Crippen molar-refractivity contribution in [1.29, 1.82) is 0 Å². The molecule has 50 heavy (non-hydrogen) atoms. The molecule has 0 atom stereocenters. The van der Waals surface area contributed by atoms with Crippen molar-refractivity contribution in [2.45, 2.75) is 0 Å². The van der Waals surface area contributed by atoms with E-state index in [1.54, 1.807) is 0 Å². The van der Waals surface area contributed by atoms with Crippen molar-refractivity contribution in [3.05, 3.63) is 170 Å². The Morgan fingerprint density at radius 3 is 1.86 bits per heavy atom. The predicted molar refractivity (Wildman–Crippen MR) is 203 cm³/mol. The summed E-state index contributed by atoms with van der Waals surface area (Å²) in [5.41, 5.74) is 8.01. The number of hydrogen-bond donors (Lipinski definition) is 0. The molecule has 5 heteroatoms. The summed E-state index contributed by atoms with van der Waals surface area (Å²) in [7, 11) is 0. The molecule has 0 saturated carbocycles. The van der Waals surface area contributed by atoms with E-state index in [0.29, 0.717) is 28.4 Å². The molecule has 0 amide bonds. The van der Waals surface area contributed by atoms with Crippen LogP contribution in [0.3, 0.4) is 0 Å². The van der Waals surface area contributed by atoms with Crippen molar-refractivity contribution >= 4 is 43.7 Å². The third-order valence-electron chi connectivity index (χ3n) is 9.15. The summed E-state index contributed by atoms with van der Waals surface area (Å²) >= 11 is 0. The van der Waals surface area contributed by atoms with E-state index in [-0.39, 0.29) is 23.5 Å². The molecule has 0 bridgehead atoms. The number of benzene rings is 7. The maximum Gasteiger partial charge on any atom is 0.164 e. The lowest BCUT2D eigenvalue weighted by Gasteiger charge is -2.09. The summed E-state index contributed by atoms with van der Waals surface area (Å²) in [6.45, 7) is 0. The fraction of sp³-hybridized carbons (Fsp3) is 0. The van der Waals surface area contributed by atoms with Crippen LogP contribution in [-0.4, -0.2) is 19.5 Å². The van der Waals surface area contributed by atoms with Gasteiger partial charge < -0.3 is 8.98 Å². The summed E-state index contributed by atoms with van der Waals surface area (Å²) in [5.74, 6) is 0.593. The quantitative estimate of drug-likeness (QED) is 0.187. The van der Waals surface area contributed by atoms with Crippen LogP contribution < -0.4 is 0 Å². The Labute approximate surface area is 294 Å². The third kappa shape index (κ3) is 4.60. The highest BCUT2D eigenvalue weighted by atomic mass is 16.3. The van der Waals surface area contributed by atoms with Crippen molar-refractivity contribution in [3.8, 4) is 51.0 Å². The summed E-state index contributed by atoms with van der Waals surface area (Å²) in [6.07, 6.45) is 0. The zero-order valence-electron chi connectivity index (χ0n) is 31.5. The minimum Gasteiger partial charge on any atom is -0.454 e. The second kappa shape index (κ2) is 11.4. The Kier molecular flexibility index (Phi) is 5.35. The molecule has 5 nitrogen and oxygen atoms in total. The van der Waals surface area contributed by atoms with Crippen LogP contribution in [0.15, 0.2) is 174 Å². The molecule has 7 aromatic carbocycles. The van der Waals surface area contributed by atoms with Gasteiger partial charge >= 0.3 is 0 Å². The van der Waals surface area contributed by atoms with Gasteiger partial charge in [0.2, 0.25) is 0 Å². The Balaban J connectivity index is 1.16. The normalized spacial score (nSPS) is 13.0. The summed E-state index contributed by atoms with van der Waals surface area (Å²) < 4.78 is 50.9. The van der Waals surface area contributed by atoms with E-state index in [9.17, 15) is 0 Å². The van der Waals surface area contributed by atoms with Crippen molar-refractivity contribution < 1.29 is 11.3 Å². The third-order valence-corrected chi connectivity index (χ3v) is 9.15. The van der Waals surface area contributed by atoms with Gasteiger partial charge in [-0.15, -0.1) is 0 Å². The maximum atomic E-state index is 8.64. The van der Waals surface area contributed by atoms with E-state index < -0.39 is 18.1 Å². The Bertz CT molecular complexity index is 3130. The minimum absolute atomic E-state index is 0.0120. The first-order valence-corrected chi connectivity index (χ1v) is 16.3. The van der Waals surface area contributed by atoms with E-state index in [1.165, 1.54) is 0 Å². The van der Waals surface area contributed by atoms with Gasteiger partial charge in [-0.1, -0.05) is 127 Å². The van der Waals surface area contributed by atoms with Crippen LogP contribution >= 0.6 is 0 Å². The molecule has 10 rings (SSSR count). The lowest BCUT2D eigenvalue weighted by Crippen LogP contribution is -2.00. The van der Waals surface area contributed by atoms with Gasteiger partial charge in [-0.05, 0) is 53.6 Å². The fourth-order valence-electron chi connectivity index (χ4n) is 6.84. The van der Waals surface area contributed by atoms with E-state index in [2.05, 4.69) is 82.3 Å². The van der Waals surface area contributed by atoms with Gasteiger partial charge in [0.05, 0.1) is 23.6 Å². The molecule has 3 aromatic heterocycles. The van der Waals surface area contributed by atoms with Crippen molar-refractivity contribution in [2.24, 2.45) is 0 Å². The van der Waals surface area contributed by atoms with Crippen LogP contribution in [0.1, 0.15) is 6.85 Å². The van der Waals surface area contributed by atoms with Crippen LogP contribution in [0.4, 0.5) is 0 Å². The molecule has 0 saturated heterocycles. The van der Waals surface area contributed by atoms with E-state index in [1.807, 2.05) is 66.7 Å². The van der Waals surface area contributed by atoms with Gasteiger partial charge in [-0.3, -0.25) is 0 Å². The topological polar surface area (TPSA) is 56.7 Å². The second-order valence-corrected chi connectivity index (χ2v) is 12.1. The van der Waals surface area contributed by atoms with E-state index >= 15 is 0 Å². The van der Waals surface area contributed by atoms with Gasteiger partial charge in [-0.2, -0.15) is 0 Å². The highest BCUT2D eigenvalue weighted by Gasteiger charge is 2.19. The molecular formula is C45H28N4O. The Hall–Kier alpha value is -6.85. The highest BCUT2D eigenvalue weighted by molar-refractivity contribution is 6.13. The zero-order valence-corrected chi connectivity index (χ0v) is 26.5. The number of aromatic nitrogens is 4. The second-order valence-electron chi connectivity index (χ2n) is 12.1. The Morgan fingerprint density at radius 1 is 0.440 bits per heavy atom. The largest absolute Gasteiger partial charge is 0.454 e. The predicted octanol–water partition coefficient (Wildman–Crippen LogP) is 11.5. The number of para-hydroxylation sites is 2. The molecule has 234 valence electrons. The molecule has 0 aliphatic rings. The lowest BCUT2D eigenvalue weighted by molar-refractivity contribution is 0.666. The van der Waals surface area contributed by atoms with Crippen LogP contribution in [-0.2, 0) is 0 Å². The van der Waals surface area contributed by atoms with Crippen molar-refractivity contribution in [3.63, 3.8) is 0 Å². The lowest BCUT2D eigenvalue weighted by atomic mass is 10.0. The van der Waals surface area contributed by atoms with Gasteiger partial charge in [0.15, 0.2) is 23.1 Å². The SMILES string of the molecule is [2H]c1c([2H])c([2H])c(-c2nc(-c3ccccc3)nc(-c3ccc4oc5c(-n6c7ccccc7c7cc(-c8ccccc8)ccc76)cccc5c4c3)n2)c([2H])c1[2H]. The highest BCUT2D eigenvalue weighted by Crippen LogP contribution is 2.40. The first-order valence-electron chi connectivity index (χ1n) is 18.8. The number of hydrogen-bond acceptors (Lipinski definition) is 4. The standard InChI is InChI=1S/C45H28N4O/c1-4-13-29(14-5-1)32-23-25-39-36(27-32)34-19-10-11-21-38(34)49(39)40-22-12-20-35-37-28-33(24-26-41(37)50-42(35)40)45-47-43(30-15-6-2-7-16-30)46-44(48-45)31-17-8-3-9-18-31/h1-28H/i2D,6D,7D,15D,16D. The fourth-order valence-corrected chi connectivity index (χ4v) is 6.84. The molecule has 0 unspecified atom stereocenters. The first-order chi connectivity index (χ1) is 26.9. The molecular weight excluding hydrogens is 613 g/mol. The van der Waals surface area contributed by atoms with Crippen molar-refractivity contribution in [1.82, 2.24) is 19.5 Å². The minimum atomic E-state index is -0.481. The molecule has 3 heterocycles. The van der Waals surface area contributed by atoms with Crippen LogP contribution in [0.5, 0.6) is 0 Å². The first kappa shape index (κ1) is 23.5. The number of fused-ring (bicyclic) bond motifs is 6. The number of rotatable bonds is 5.